The smallest absolute Gasteiger partial charge is 0.339 e. The van der Waals surface area contributed by atoms with Crippen LogP contribution >= 0.6 is 0 Å². The molecule has 0 saturated carbocycles. The first kappa shape index (κ1) is 13.4. The third-order valence-electron chi connectivity index (χ3n) is 2.83. The number of aliphatic hydroxyl groups is 1. The molecule has 0 bridgehead atoms. The molecule has 0 spiro atoms. The highest BCUT2D eigenvalue weighted by molar-refractivity contribution is 5.80. The first-order valence-electron chi connectivity index (χ1n) is 6.12. The molecule has 1 aromatic carbocycles. The second-order valence-electron chi connectivity index (χ2n) is 4.58. The molecular formula is C13H17N3O3. The van der Waals surface area contributed by atoms with Gasteiger partial charge in [0.05, 0.1) is 19.2 Å². The van der Waals surface area contributed by atoms with Gasteiger partial charge in [-0.25, -0.2) is 9.80 Å². The van der Waals surface area contributed by atoms with E-state index in [9.17, 15) is 14.7 Å². The lowest BCUT2D eigenvalue weighted by Crippen LogP contribution is -2.60. The van der Waals surface area contributed by atoms with Crippen molar-refractivity contribution in [2.75, 3.05) is 13.1 Å². The molecule has 1 aliphatic heterocycles. The lowest BCUT2D eigenvalue weighted by atomic mass is 10.2. The van der Waals surface area contributed by atoms with E-state index in [4.69, 9.17) is 0 Å². The number of carbonyl (C=O) groups excluding carboxylic acids is 2. The van der Waals surface area contributed by atoms with Crippen LogP contribution < -0.4 is 5.43 Å². The maximum Gasteiger partial charge on any atom is 0.339 e. The number of amides is 3. The van der Waals surface area contributed by atoms with Crippen LogP contribution in [0.3, 0.4) is 0 Å². The summed E-state index contributed by atoms with van der Waals surface area (Å²) < 4.78 is 0. The fourth-order valence-electron chi connectivity index (χ4n) is 2.07. The van der Waals surface area contributed by atoms with E-state index >= 15 is 0 Å². The molecule has 0 aromatic heterocycles. The van der Waals surface area contributed by atoms with Crippen molar-refractivity contribution in [3.05, 3.63) is 35.9 Å². The van der Waals surface area contributed by atoms with Crippen LogP contribution in [0.2, 0.25) is 0 Å². The van der Waals surface area contributed by atoms with Gasteiger partial charge in [0.25, 0.3) is 0 Å². The molecule has 1 saturated heterocycles. The highest BCUT2D eigenvalue weighted by Gasteiger charge is 2.31. The zero-order valence-electron chi connectivity index (χ0n) is 10.7. The summed E-state index contributed by atoms with van der Waals surface area (Å²) in [7, 11) is 0. The van der Waals surface area contributed by atoms with E-state index in [1.165, 1.54) is 11.8 Å². The van der Waals surface area contributed by atoms with Gasteiger partial charge in [-0.3, -0.25) is 10.2 Å². The molecule has 1 unspecified atom stereocenters. The maximum atomic E-state index is 12.1. The second-order valence-corrected chi connectivity index (χ2v) is 4.58. The van der Waals surface area contributed by atoms with Gasteiger partial charge in [-0.1, -0.05) is 30.3 Å². The van der Waals surface area contributed by atoms with Crippen molar-refractivity contribution in [1.29, 1.82) is 0 Å². The van der Waals surface area contributed by atoms with Crippen LogP contribution in [-0.4, -0.2) is 46.1 Å². The zero-order valence-corrected chi connectivity index (χ0v) is 10.7. The normalized spacial score (nSPS) is 19.5. The van der Waals surface area contributed by atoms with Crippen molar-refractivity contribution in [3.8, 4) is 0 Å². The molecule has 1 fully saturated rings. The van der Waals surface area contributed by atoms with Crippen molar-refractivity contribution in [1.82, 2.24) is 15.3 Å². The van der Waals surface area contributed by atoms with Crippen LogP contribution in [0.25, 0.3) is 0 Å². The molecule has 1 heterocycles. The van der Waals surface area contributed by atoms with Crippen LogP contribution in [0.1, 0.15) is 12.5 Å². The van der Waals surface area contributed by atoms with Gasteiger partial charge >= 0.3 is 6.03 Å². The molecule has 3 amide bonds. The summed E-state index contributed by atoms with van der Waals surface area (Å²) in [5.41, 5.74) is 3.40. The van der Waals surface area contributed by atoms with Crippen LogP contribution in [-0.2, 0) is 11.3 Å². The van der Waals surface area contributed by atoms with Crippen molar-refractivity contribution < 1.29 is 14.7 Å². The summed E-state index contributed by atoms with van der Waals surface area (Å²) in [6.07, 6.45) is -0.673. The Morgan fingerprint density at radius 3 is 2.68 bits per heavy atom. The van der Waals surface area contributed by atoms with Gasteiger partial charge < -0.3 is 10.0 Å². The third kappa shape index (κ3) is 3.45. The summed E-state index contributed by atoms with van der Waals surface area (Å²) in [4.78, 5) is 24.7. The van der Waals surface area contributed by atoms with Gasteiger partial charge in [0.15, 0.2) is 0 Å². The van der Waals surface area contributed by atoms with Crippen molar-refractivity contribution in [2.24, 2.45) is 0 Å². The van der Waals surface area contributed by atoms with E-state index in [0.717, 1.165) is 10.6 Å². The Morgan fingerprint density at radius 1 is 1.37 bits per heavy atom. The number of carbonyl (C=O) groups is 2. The summed E-state index contributed by atoms with van der Waals surface area (Å²) in [5.74, 6) is -0.331. The molecule has 2 N–H and O–H groups in total. The van der Waals surface area contributed by atoms with Gasteiger partial charge in [0.2, 0.25) is 5.91 Å². The molecule has 102 valence electrons. The number of benzene rings is 1. The van der Waals surface area contributed by atoms with E-state index in [-0.39, 0.29) is 25.0 Å². The van der Waals surface area contributed by atoms with Crippen molar-refractivity contribution in [2.45, 2.75) is 19.6 Å². The Bertz CT molecular complexity index is 463. The molecule has 0 radical (unpaired) electrons. The van der Waals surface area contributed by atoms with Gasteiger partial charge in [-0.15, -0.1) is 0 Å². The predicted octanol–water partition coefficient (Wildman–Crippen LogP) is 0.336. The van der Waals surface area contributed by atoms with Gasteiger partial charge in [-0.2, -0.15) is 0 Å². The number of nitrogens with one attached hydrogen (secondary N) is 1. The first-order chi connectivity index (χ1) is 9.06. The number of aliphatic hydroxyl groups excluding tert-OH is 1. The Morgan fingerprint density at radius 2 is 2.05 bits per heavy atom. The number of β-amino-alcohol motifs (C(OH)–C–C–N with tert-alkyl or cyclic N) is 1. The average Bonchev–Trinajstić information content (AvgIpc) is 2.35. The standard InChI is InChI=1S/C13H17N3O3/c1-10(17)14-16-9-12(18)8-15(13(16)19)7-11-5-3-2-4-6-11/h2-6,12,18H,7-9H2,1H3,(H,14,17). The maximum absolute atomic E-state index is 12.1. The fraction of sp³-hybridized carbons (Fsp3) is 0.385. The van der Waals surface area contributed by atoms with Crippen LogP contribution in [0.15, 0.2) is 30.3 Å². The number of hydrogen-bond acceptors (Lipinski definition) is 3. The third-order valence-corrected chi connectivity index (χ3v) is 2.83. The van der Waals surface area contributed by atoms with Crippen LogP contribution in [0.5, 0.6) is 0 Å². The number of nitrogens with zero attached hydrogens (tertiary/aromatic N) is 2. The summed E-state index contributed by atoms with van der Waals surface area (Å²) in [5, 5.41) is 10.9. The van der Waals surface area contributed by atoms with Crippen molar-refractivity contribution >= 4 is 11.9 Å². The monoisotopic (exact) mass is 263 g/mol. The molecule has 19 heavy (non-hydrogen) atoms. The van der Waals surface area contributed by atoms with Gasteiger partial charge in [0.1, 0.15) is 0 Å². The van der Waals surface area contributed by atoms with E-state index in [1.807, 2.05) is 30.3 Å². The minimum atomic E-state index is -0.673. The van der Waals surface area contributed by atoms with E-state index in [0.29, 0.717) is 6.54 Å². The second kappa shape index (κ2) is 5.71. The number of hydrazine groups is 1. The summed E-state index contributed by atoms with van der Waals surface area (Å²) in [6, 6.07) is 9.22. The topological polar surface area (TPSA) is 72.9 Å². The largest absolute Gasteiger partial charge is 0.389 e. The van der Waals surface area contributed by atoms with E-state index in [2.05, 4.69) is 5.43 Å². The minimum Gasteiger partial charge on any atom is -0.389 e. The lowest BCUT2D eigenvalue weighted by molar-refractivity contribution is -0.124. The summed E-state index contributed by atoms with van der Waals surface area (Å²) >= 11 is 0. The lowest BCUT2D eigenvalue weighted by Gasteiger charge is -2.37. The Balaban J connectivity index is 2.07. The molecule has 1 aromatic rings. The van der Waals surface area contributed by atoms with E-state index in [1.54, 1.807) is 0 Å². The number of urea groups is 1. The number of rotatable bonds is 3. The highest BCUT2D eigenvalue weighted by Crippen LogP contribution is 2.12. The molecule has 1 aliphatic rings. The quantitative estimate of drug-likeness (QED) is 0.825. The first-order valence-corrected chi connectivity index (χ1v) is 6.12. The fourth-order valence-corrected chi connectivity index (χ4v) is 2.07. The van der Waals surface area contributed by atoms with Crippen molar-refractivity contribution in [3.63, 3.8) is 0 Å². The summed E-state index contributed by atoms with van der Waals surface area (Å²) in [6.45, 7) is 2.12. The number of hydrogen-bond donors (Lipinski definition) is 2. The molecular weight excluding hydrogens is 246 g/mol. The molecule has 6 nitrogen and oxygen atoms in total. The minimum absolute atomic E-state index is 0.115. The Labute approximate surface area is 111 Å². The predicted molar refractivity (Wildman–Crippen MR) is 68.8 cm³/mol. The van der Waals surface area contributed by atoms with Crippen LogP contribution in [0, 0.1) is 0 Å². The SMILES string of the molecule is CC(=O)NN1CC(O)CN(Cc2ccccc2)C1=O. The molecule has 6 heteroatoms. The Hall–Kier alpha value is -2.08. The Kier molecular flexibility index (Phi) is 4.01. The zero-order chi connectivity index (χ0) is 13.8. The highest BCUT2D eigenvalue weighted by atomic mass is 16.3. The molecule has 1 atom stereocenters. The average molecular weight is 263 g/mol. The molecule has 2 rings (SSSR count). The molecule has 0 aliphatic carbocycles. The van der Waals surface area contributed by atoms with Crippen LogP contribution in [0.4, 0.5) is 4.79 Å². The van der Waals surface area contributed by atoms with Gasteiger partial charge in [0, 0.05) is 13.5 Å². The van der Waals surface area contributed by atoms with Gasteiger partial charge in [-0.05, 0) is 5.56 Å². The van der Waals surface area contributed by atoms with E-state index < -0.39 is 6.10 Å².